The molecule has 0 unspecified atom stereocenters. The van der Waals surface area contributed by atoms with E-state index in [1.807, 2.05) is 6.07 Å². The van der Waals surface area contributed by atoms with Crippen LogP contribution in [0.4, 0.5) is 10.1 Å². The molecule has 3 aromatic carbocycles. The zero-order valence-electron chi connectivity index (χ0n) is 18.8. The molecule has 3 rings (SSSR count). The van der Waals surface area contributed by atoms with Gasteiger partial charge in [0.05, 0.1) is 18.4 Å². The van der Waals surface area contributed by atoms with Gasteiger partial charge in [-0.05, 0) is 42.0 Å². The lowest BCUT2D eigenvalue weighted by Gasteiger charge is -2.19. The van der Waals surface area contributed by atoms with Crippen LogP contribution in [-0.4, -0.2) is 45.4 Å². The monoisotopic (exact) mass is 564 g/mol. The SMILES string of the molecule is COc1ccc(C(=O)OCC(=O)Nc2ccc(Br)cc2F)cc1S(=O)(=O)N(C)Cc1ccccc1. The fourth-order valence-electron chi connectivity index (χ4n) is 3.09. The van der Waals surface area contributed by atoms with E-state index in [1.54, 1.807) is 30.3 Å². The van der Waals surface area contributed by atoms with Gasteiger partial charge in [-0.2, -0.15) is 4.31 Å². The lowest BCUT2D eigenvalue weighted by molar-refractivity contribution is -0.119. The predicted octanol–water partition coefficient (Wildman–Crippen LogP) is 4.21. The van der Waals surface area contributed by atoms with Gasteiger partial charge < -0.3 is 14.8 Å². The molecule has 1 N–H and O–H groups in total. The number of sulfonamides is 1. The van der Waals surface area contributed by atoms with Crippen molar-refractivity contribution >= 4 is 43.5 Å². The molecule has 11 heteroatoms. The van der Waals surface area contributed by atoms with E-state index < -0.39 is 34.3 Å². The molecule has 0 heterocycles. The lowest BCUT2D eigenvalue weighted by atomic mass is 10.2. The molecule has 0 saturated carbocycles. The fraction of sp³-hybridized carbons (Fsp3) is 0.167. The van der Waals surface area contributed by atoms with Crippen LogP contribution in [0.25, 0.3) is 0 Å². The number of esters is 1. The highest BCUT2D eigenvalue weighted by Crippen LogP contribution is 2.28. The molecule has 0 spiro atoms. The zero-order chi connectivity index (χ0) is 25.6. The second kappa shape index (κ2) is 11.4. The molecule has 0 aliphatic carbocycles. The number of amides is 1. The lowest BCUT2D eigenvalue weighted by Crippen LogP contribution is -2.27. The molecule has 8 nitrogen and oxygen atoms in total. The third-order valence-corrected chi connectivity index (χ3v) is 7.19. The molecular formula is C24H22BrFN2O6S. The summed E-state index contributed by atoms with van der Waals surface area (Å²) in [4.78, 5) is 24.4. The normalized spacial score (nSPS) is 11.2. The Morgan fingerprint density at radius 3 is 2.43 bits per heavy atom. The van der Waals surface area contributed by atoms with Gasteiger partial charge >= 0.3 is 5.97 Å². The summed E-state index contributed by atoms with van der Waals surface area (Å²) in [6.07, 6.45) is 0. The molecule has 0 radical (unpaired) electrons. The summed E-state index contributed by atoms with van der Waals surface area (Å²) in [6.45, 7) is -0.593. The number of methoxy groups -OCH3 is 1. The van der Waals surface area contributed by atoms with Gasteiger partial charge in [0.15, 0.2) is 6.61 Å². The van der Waals surface area contributed by atoms with Gasteiger partial charge in [-0.25, -0.2) is 17.6 Å². The number of ether oxygens (including phenoxy) is 2. The van der Waals surface area contributed by atoms with Gasteiger partial charge in [-0.1, -0.05) is 46.3 Å². The average molecular weight is 565 g/mol. The standard InChI is InChI=1S/C24H22BrFN2O6S/c1-28(14-16-6-4-3-5-7-16)35(31,32)22-12-17(8-11-21(22)33-2)24(30)34-15-23(29)27-20-10-9-18(25)13-19(20)26/h3-13H,14-15H2,1-2H3,(H,27,29). The van der Waals surface area contributed by atoms with Crippen molar-refractivity contribution in [2.45, 2.75) is 11.4 Å². The maximum atomic E-state index is 13.9. The number of carbonyl (C=O) groups is 2. The number of hydrogen-bond donors (Lipinski definition) is 1. The second-order valence-electron chi connectivity index (χ2n) is 7.36. The highest BCUT2D eigenvalue weighted by atomic mass is 79.9. The topological polar surface area (TPSA) is 102 Å². The predicted molar refractivity (Wildman–Crippen MR) is 131 cm³/mol. The van der Waals surface area contributed by atoms with Gasteiger partial charge in [0.2, 0.25) is 10.0 Å². The van der Waals surface area contributed by atoms with Crippen molar-refractivity contribution in [3.05, 3.63) is 88.1 Å². The minimum Gasteiger partial charge on any atom is -0.495 e. The summed E-state index contributed by atoms with van der Waals surface area (Å²) in [5.41, 5.74) is 0.606. The summed E-state index contributed by atoms with van der Waals surface area (Å²) in [7, 11) is -1.31. The third kappa shape index (κ3) is 6.65. The number of carbonyl (C=O) groups excluding carboxylic acids is 2. The molecule has 0 bridgehead atoms. The van der Waals surface area contributed by atoms with Gasteiger partial charge in [-0.15, -0.1) is 0 Å². The molecule has 0 saturated heterocycles. The third-order valence-electron chi connectivity index (χ3n) is 4.88. The Labute approximate surface area is 210 Å². The van der Waals surface area contributed by atoms with E-state index in [2.05, 4.69) is 21.2 Å². The van der Waals surface area contributed by atoms with E-state index in [0.29, 0.717) is 4.47 Å². The molecule has 3 aromatic rings. The van der Waals surface area contributed by atoms with Crippen molar-refractivity contribution in [3.8, 4) is 5.75 Å². The van der Waals surface area contributed by atoms with Gasteiger partial charge in [0.1, 0.15) is 16.5 Å². The van der Waals surface area contributed by atoms with Crippen molar-refractivity contribution in [1.82, 2.24) is 4.31 Å². The quantitative estimate of drug-likeness (QED) is 0.390. The molecule has 0 atom stereocenters. The Kier molecular flexibility index (Phi) is 8.60. The molecule has 184 valence electrons. The number of rotatable bonds is 9. The smallest absolute Gasteiger partial charge is 0.338 e. The van der Waals surface area contributed by atoms with Crippen LogP contribution in [0.15, 0.2) is 76.1 Å². The maximum Gasteiger partial charge on any atom is 0.338 e. The first-order chi connectivity index (χ1) is 16.6. The largest absolute Gasteiger partial charge is 0.495 e. The minimum absolute atomic E-state index is 0.0462. The average Bonchev–Trinajstić information content (AvgIpc) is 2.84. The van der Waals surface area contributed by atoms with Crippen LogP contribution in [0.2, 0.25) is 0 Å². The molecule has 1 amide bonds. The van der Waals surface area contributed by atoms with Crippen molar-refractivity contribution in [1.29, 1.82) is 0 Å². The Bertz CT molecular complexity index is 1340. The van der Waals surface area contributed by atoms with Gasteiger partial charge in [0.25, 0.3) is 5.91 Å². The maximum absolute atomic E-state index is 13.9. The summed E-state index contributed by atoms with van der Waals surface area (Å²) < 4.78 is 52.1. The number of halogens is 2. The van der Waals surface area contributed by atoms with E-state index in [9.17, 15) is 22.4 Å². The van der Waals surface area contributed by atoms with Crippen molar-refractivity contribution in [2.24, 2.45) is 0 Å². The van der Waals surface area contributed by atoms with Crippen molar-refractivity contribution in [2.75, 3.05) is 26.1 Å². The highest BCUT2D eigenvalue weighted by molar-refractivity contribution is 9.10. The molecule has 0 fully saturated rings. The van der Waals surface area contributed by atoms with E-state index in [0.717, 1.165) is 15.9 Å². The Morgan fingerprint density at radius 2 is 1.77 bits per heavy atom. The minimum atomic E-state index is -4.04. The molecule has 0 aliphatic rings. The van der Waals surface area contributed by atoms with Gasteiger partial charge in [-0.3, -0.25) is 4.79 Å². The molecule has 0 aliphatic heterocycles. The molecule has 35 heavy (non-hydrogen) atoms. The van der Waals surface area contributed by atoms with E-state index in [1.165, 1.54) is 38.4 Å². The van der Waals surface area contributed by atoms with E-state index in [-0.39, 0.29) is 28.4 Å². The van der Waals surface area contributed by atoms with E-state index >= 15 is 0 Å². The second-order valence-corrected chi connectivity index (χ2v) is 10.3. The van der Waals surface area contributed by atoms with Crippen LogP contribution < -0.4 is 10.1 Å². The first-order valence-corrected chi connectivity index (χ1v) is 12.5. The number of benzene rings is 3. The van der Waals surface area contributed by atoms with Crippen LogP contribution in [0.3, 0.4) is 0 Å². The van der Waals surface area contributed by atoms with E-state index in [4.69, 9.17) is 9.47 Å². The summed E-state index contributed by atoms with van der Waals surface area (Å²) >= 11 is 3.12. The Hall–Kier alpha value is -3.28. The molecule has 0 aromatic heterocycles. The van der Waals surface area contributed by atoms with Crippen LogP contribution in [-0.2, 0) is 26.1 Å². The van der Waals surface area contributed by atoms with Crippen LogP contribution in [0.5, 0.6) is 5.75 Å². The molecular weight excluding hydrogens is 543 g/mol. The number of nitrogens with zero attached hydrogens (tertiary/aromatic N) is 1. The highest BCUT2D eigenvalue weighted by Gasteiger charge is 2.27. The van der Waals surface area contributed by atoms with Crippen LogP contribution in [0.1, 0.15) is 15.9 Å². The number of nitrogens with one attached hydrogen (secondary N) is 1. The van der Waals surface area contributed by atoms with Crippen LogP contribution in [0, 0.1) is 5.82 Å². The van der Waals surface area contributed by atoms with Crippen LogP contribution >= 0.6 is 15.9 Å². The number of hydrogen-bond acceptors (Lipinski definition) is 6. The van der Waals surface area contributed by atoms with Crippen molar-refractivity contribution in [3.63, 3.8) is 0 Å². The first-order valence-electron chi connectivity index (χ1n) is 10.2. The zero-order valence-corrected chi connectivity index (χ0v) is 21.2. The Balaban J connectivity index is 1.73. The summed E-state index contributed by atoms with van der Waals surface area (Å²) in [6, 6.07) is 16.9. The first kappa shape index (κ1) is 26.3. The van der Waals surface area contributed by atoms with Gasteiger partial charge in [0, 0.05) is 18.1 Å². The fourth-order valence-corrected chi connectivity index (χ4v) is 4.76. The summed E-state index contributed by atoms with van der Waals surface area (Å²) in [5.74, 6) is -2.31. The van der Waals surface area contributed by atoms with Crippen molar-refractivity contribution < 1.29 is 31.9 Å². The Morgan fingerprint density at radius 1 is 1.06 bits per heavy atom. The summed E-state index contributed by atoms with van der Waals surface area (Å²) in [5, 5.41) is 2.30. The number of anilines is 1.